The lowest BCUT2D eigenvalue weighted by Gasteiger charge is -2.35. The molecule has 1 aromatic carbocycles. The van der Waals surface area contributed by atoms with Crippen molar-refractivity contribution in [2.45, 2.75) is 20.4 Å². The molecular formula is C20H28N4O. The summed E-state index contributed by atoms with van der Waals surface area (Å²) in [6.45, 7) is 11.8. The zero-order valence-corrected chi connectivity index (χ0v) is 15.5. The van der Waals surface area contributed by atoms with E-state index >= 15 is 0 Å². The van der Waals surface area contributed by atoms with Crippen LogP contribution in [0, 0.1) is 19.8 Å². The van der Waals surface area contributed by atoms with Gasteiger partial charge in [0.05, 0.1) is 18.8 Å². The van der Waals surface area contributed by atoms with Gasteiger partial charge >= 0.3 is 0 Å². The summed E-state index contributed by atoms with van der Waals surface area (Å²) in [4.78, 5) is 4.97. The summed E-state index contributed by atoms with van der Waals surface area (Å²) in [5.74, 6) is 1.47. The summed E-state index contributed by atoms with van der Waals surface area (Å²) >= 11 is 0. The van der Waals surface area contributed by atoms with Crippen LogP contribution < -0.4 is 4.74 Å². The van der Waals surface area contributed by atoms with E-state index in [9.17, 15) is 0 Å². The van der Waals surface area contributed by atoms with Crippen LogP contribution in [0.5, 0.6) is 5.88 Å². The van der Waals surface area contributed by atoms with Gasteiger partial charge in [-0.1, -0.05) is 24.3 Å². The third-order valence-corrected chi connectivity index (χ3v) is 5.53. The number of fused-ring (bicyclic) bond motifs is 1. The maximum absolute atomic E-state index is 6.13. The van der Waals surface area contributed by atoms with Crippen LogP contribution in [0.3, 0.4) is 0 Å². The van der Waals surface area contributed by atoms with Gasteiger partial charge in [-0.15, -0.1) is 0 Å². The average molecular weight is 340 g/mol. The molecule has 4 rings (SSSR count). The van der Waals surface area contributed by atoms with Gasteiger partial charge in [0.15, 0.2) is 0 Å². The minimum Gasteiger partial charge on any atom is -0.477 e. The molecule has 0 bridgehead atoms. The number of benzene rings is 1. The van der Waals surface area contributed by atoms with E-state index in [2.05, 4.69) is 59.6 Å². The molecule has 2 aliphatic heterocycles. The standard InChI is InChI=1S/C20H28N4O/c1-15-6-4-5-7-18(15)19-16(2)20-24(21-19)13-17(14-25-20)12-23-10-8-22(3)9-11-23/h4-7,17H,8-14H2,1-3H3. The minimum absolute atomic E-state index is 0.514. The van der Waals surface area contributed by atoms with Crippen molar-refractivity contribution in [2.75, 3.05) is 46.4 Å². The molecule has 1 aromatic heterocycles. The van der Waals surface area contributed by atoms with Crippen LogP contribution in [0.1, 0.15) is 11.1 Å². The van der Waals surface area contributed by atoms with E-state index in [0.717, 1.165) is 63.0 Å². The topological polar surface area (TPSA) is 33.5 Å². The number of ether oxygens (including phenoxy) is 1. The number of aryl methyl sites for hydroxylation is 1. The lowest BCUT2D eigenvalue weighted by atomic mass is 10.0. The largest absolute Gasteiger partial charge is 0.477 e. The zero-order valence-electron chi connectivity index (χ0n) is 15.5. The molecule has 0 radical (unpaired) electrons. The van der Waals surface area contributed by atoms with Gasteiger partial charge in [0, 0.05) is 49.8 Å². The van der Waals surface area contributed by atoms with Gasteiger partial charge in [0.2, 0.25) is 5.88 Å². The highest BCUT2D eigenvalue weighted by Crippen LogP contribution is 2.34. The third kappa shape index (κ3) is 3.31. The van der Waals surface area contributed by atoms with Crippen molar-refractivity contribution < 1.29 is 4.74 Å². The molecule has 0 N–H and O–H groups in total. The van der Waals surface area contributed by atoms with Crippen molar-refractivity contribution in [1.29, 1.82) is 0 Å². The second-order valence-corrected chi connectivity index (χ2v) is 7.56. The summed E-state index contributed by atoms with van der Waals surface area (Å²) in [7, 11) is 2.20. The van der Waals surface area contributed by atoms with E-state index in [0.29, 0.717) is 5.92 Å². The number of likely N-dealkylation sites (N-methyl/N-ethyl adjacent to an activating group) is 1. The Hall–Kier alpha value is -1.85. The molecule has 1 fully saturated rings. The second-order valence-electron chi connectivity index (χ2n) is 7.56. The first-order valence-electron chi connectivity index (χ1n) is 9.29. The third-order valence-electron chi connectivity index (χ3n) is 5.53. The Kier molecular flexibility index (Phi) is 4.52. The molecule has 2 aliphatic rings. The maximum atomic E-state index is 6.13. The van der Waals surface area contributed by atoms with Crippen LogP contribution in [-0.2, 0) is 6.54 Å². The number of hydrogen-bond acceptors (Lipinski definition) is 4. The van der Waals surface area contributed by atoms with Gasteiger partial charge in [-0.05, 0) is 26.5 Å². The Balaban J connectivity index is 1.50. The van der Waals surface area contributed by atoms with Crippen LogP contribution in [0.25, 0.3) is 11.3 Å². The van der Waals surface area contributed by atoms with Gasteiger partial charge in [-0.2, -0.15) is 5.10 Å². The molecule has 0 aliphatic carbocycles. The SMILES string of the molecule is Cc1ccccc1-c1nn2c(c1C)OCC(CN1CCN(C)CC1)C2. The van der Waals surface area contributed by atoms with E-state index < -0.39 is 0 Å². The maximum Gasteiger partial charge on any atom is 0.215 e. The molecule has 0 amide bonds. The van der Waals surface area contributed by atoms with Crippen molar-refractivity contribution in [1.82, 2.24) is 19.6 Å². The average Bonchev–Trinajstić information content (AvgIpc) is 2.93. The van der Waals surface area contributed by atoms with E-state index in [4.69, 9.17) is 9.84 Å². The van der Waals surface area contributed by atoms with Crippen molar-refractivity contribution in [3.63, 3.8) is 0 Å². The van der Waals surface area contributed by atoms with Crippen LogP contribution in [0.2, 0.25) is 0 Å². The summed E-state index contributed by atoms with van der Waals surface area (Å²) in [5.41, 5.74) is 4.69. The Bertz CT molecular complexity index is 746. The predicted octanol–water partition coefficient (Wildman–Crippen LogP) is 2.42. The van der Waals surface area contributed by atoms with E-state index in [1.807, 2.05) is 0 Å². The first-order valence-corrected chi connectivity index (χ1v) is 9.29. The Labute approximate surface area is 150 Å². The van der Waals surface area contributed by atoms with E-state index in [1.54, 1.807) is 0 Å². The van der Waals surface area contributed by atoms with Gasteiger partial charge in [0.25, 0.3) is 0 Å². The van der Waals surface area contributed by atoms with Crippen molar-refractivity contribution >= 4 is 0 Å². The van der Waals surface area contributed by atoms with Gasteiger partial charge in [0.1, 0.15) is 0 Å². The molecule has 0 saturated carbocycles. The van der Waals surface area contributed by atoms with Gasteiger partial charge < -0.3 is 14.5 Å². The molecule has 1 saturated heterocycles. The summed E-state index contributed by atoms with van der Waals surface area (Å²) < 4.78 is 8.22. The predicted molar refractivity (Wildman–Crippen MR) is 100 cm³/mol. The Morgan fingerprint density at radius 2 is 1.88 bits per heavy atom. The fraction of sp³-hybridized carbons (Fsp3) is 0.550. The number of piperazine rings is 1. The smallest absolute Gasteiger partial charge is 0.215 e. The monoisotopic (exact) mass is 340 g/mol. The fourth-order valence-corrected chi connectivity index (χ4v) is 3.94. The lowest BCUT2D eigenvalue weighted by Crippen LogP contribution is -2.47. The number of nitrogens with zero attached hydrogens (tertiary/aromatic N) is 4. The lowest BCUT2D eigenvalue weighted by molar-refractivity contribution is 0.0905. The Morgan fingerprint density at radius 3 is 2.64 bits per heavy atom. The van der Waals surface area contributed by atoms with Gasteiger partial charge in [-0.3, -0.25) is 0 Å². The summed E-state index contributed by atoms with van der Waals surface area (Å²) in [5, 5.41) is 4.90. The van der Waals surface area contributed by atoms with Gasteiger partial charge in [-0.25, -0.2) is 4.68 Å². The zero-order chi connectivity index (χ0) is 17.4. The van der Waals surface area contributed by atoms with Crippen LogP contribution in [-0.4, -0.2) is 66.0 Å². The number of rotatable bonds is 3. The first kappa shape index (κ1) is 16.6. The number of aromatic nitrogens is 2. The Morgan fingerprint density at radius 1 is 1.12 bits per heavy atom. The normalized spacial score (nSPS) is 21.8. The first-order chi connectivity index (χ1) is 12.1. The molecule has 1 unspecified atom stereocenters. The molecule has 1 atom stereocenters. The van der Waals surface area contributed by atoms with Crippen LogP contribution >= 0.6 is 0 Å². The minimum atomic E-state index is 0.514. The fourth-order valence-electron chi connectivity index (χ4n) is 3.94. The summed E-state index contributed by atoms with van der Waals surface area (Å²) in [6, 6.07) is 8.45. The quantitative estimate of drug-likeness (QED) is 0.859. The van der Waals surface area contributed by atoms with Crippen molar-refractivity contribution in [2.24, 2.45) is 5.92 Å². The molecule has 134 valence electrons. The molecule has 5 nitrogen and oxygen atoms in total. The number of hydrogen-bond donors (Lipinski definition) is 0. The molecule has 0 spiro atoms. The molecular weight excluding hydrogens is 312 g/mol. The summed E-state index contributed by atoms with van der Waals surface area (Å²) in [6.07, 6.45) is 0. The van der Waals surface area contributed by atoms with Crippen molar-refractivity contribution in [3.8, 4) is 17.1 Å². The van der Waals surface area contributed by atoms with E-state index in [-0.39, 0.29) is 0 Å². The molecule has 25 heavy (non-hydrogen) atoms. The second kappa shape index (κ2) is 6.81. The molecule has 3 heterocycles. The molecule has 2 aromatic rings. The highest BCUT2D eigenvalue weighted by Gasteiger charge is 2.27. The van der Waals surface area contributed by atoms with Crippen LogP contribution in [0.15, 0.2) is 24.3 Å². The van der Waals surface area contributed by atoms with Crippen LogP contribution in [0.4, 0.5) is 0 Å². The highest BCUT2D eigenvalue weighted by molar-refractivity contribution is 5.68. The van der Waals surface area contributed by atoms with E-state index in [1.165, 1.54) is 11.1 Å². The highest BCUT2D eigenvalue weighted by atomic mass is 16.5. The van der Waals surface area contributed by atoms with Crippen molar-refractivity contribution in [3.05, 3.63) is 35.4 Å². The molecule has 5 heteroatoms.